The van der Waals surface area contributed by atoms with Crippen LogP contribution in [0.3, 0.4) is 0 Å². The van der Waals surface area contributed by atoms with Gasteiger partial charge in [-0.1, -0.05) is 55.8 Å². The van der Waals surface area contributed by atoms with Gasteiger partial charge in [0.05, 0.1) is 6.42 Å². The van der Waals surface area contributed by atoms with E-state index in [4.69, 9.17) is 4.74 Å². The highest BCUT2D eigenvalue weighted by atomic mass is 16.5. The number of unbranched alkanes of at least 4 members (excludes halogenated alkanes) is 1. The first kappa shape index (κ1) is 20.7. The number of anilines is 1. The fourth-order valence-electron chi connectivity index (χ4n) is 2.90. The molecule has 1 atom stereocenters. The third-order valence-electron chi connectivity index (χ3n) is 4.60. The van der Waals surface area contributed by atoms with E-state index >= 15 is 0 Å². The van der Waals surface area contributed by atoms with Gasteiger partial charge in [0, 0.05) is 5.69 Å². The molecular formula is C23H29NO3. The SMILES string of the molecule is CCCCc1ccc(CC(=O)O[C@@H](C)C(=O)Nc2c(C)cccc2C)cc1. The van der Waals surface area contributed by atoms with Crippen LogP contribution in [-0.4, -0.2) is 18.0 Å². The first-order valence-corrected chi connectivity index (χ1v) is 9.55. The van der Waals surface area contributed by atoms with Crippen molar-refractivity contribution in [1.82, 2.24) is 0 Å². The number of rotatable bonds is 8. The van der Waals surface area contributed by atoms with Crippen molar-refractivity contribution < 1.29 is 14.3 Å². The Morgan fingerprint density at radius 1 is 1.00 bits per heavy atom. The van der Waals surface area contributed by atoms with E-state index < -0.39 is 12.1 Å². The third-order valence-corrected chi connectivity index (χ3v) is 4.60. The van der Waals surface area contributed by atoms with Crippen LogP contribution < -0.4 is 5.32 Å². The van der Waals surface area contributed by atoms with E-state index in [-0.39, 0.29) is 12.3 Å². The molecule has 0 aliphatic carbocycles. The number of nitrogens with one attached hydrogen (secondary N) is 1. The van der Waals surface area contributed by atoms with Gasteiger partial charge in [-0.05, 0) is 55.9 Å². The zero-order chi connectivity index (χ0) is 19.8. The van der Waals surface area contributed by atoms with Crippen molar-refractivity contribution in [3.05, 3.63) is 64.7 Å². The van der Waals surface area contributed by atoms with Crippen LogP contribution in [0, 0.1) is 13.8 Å². The summed E-state index contributed by atoms with van der Waals surface area (Å²) in [5, 5.41) is 2.86. The van der Waals surface area contributed by atoms with Gasteiger partial charge in [0.25, 0.3) is 5.91 Å². The molecule has 0 saturated carbocycles. The highest BCUT2D eigenvalue weighted by Crippen LogP contribution is 2.20. The minimum atomic E-state index is -0.847. The van der Waals surface area contributed by atoms with E-state index in [2.05, 4.69) is 24.4 Å². The molecule has 27 heavy (non-hydrogen) atoms. The molecule has 0 spiro atoms. The lowest BCUT2D eigenvalue weighted by molar-refractivity contribution is -0.152. The highest BCUT2D eigenvalue weighted by molar-refractivity contribution is 5.96. The lowest BCUT2D eigenvalue weighted by Gasteiger charge is -2.16. The zero-order valence-corrected chi connectivity index (χ0v) is 16.7. The molecule has 0 aliphatic rings. The van der Waals surface area contributed by atoms with E-state index in [1.54, 1.807) is 6.92 Å². The second-order valence-corrected chi connectivity index (χ2v) is 6.98. The van der Waals surface area contributed by atoms with Crippen LogP contribution >= 0.6 is 0 Å². The fraction of sp³-hybridized carbons (Fsp3) is 0.391. The van der Waals surface area contributed by atoms with Crippen molar-refractivity contribution in [1.29, 1.82) is 0 Å². The first-order chi connectivity index (χ1) is 12.9. The van der Waals surface area contributed by atoms with Gasteiger partial charge in [0.2, 0.25) is 0 Å². The summed E-state index contributed by atoms with van der Waals surface area (Å²) in [6, 6.07) is 13.8. The Labute approximate surface area is 161 Å². The van der Waals surface area contributed by atoms with E-state index in [0.29, 0.717) is 0 Å². The van der Waals surface area contributed by atoms with E-state index in [0.717, 1.165) is 41.6 Å². The minimum absolute atomic E-state index is 0.162. The second kappa shape index (κ2) is 9.91. The van der Waals surface area contributed by atoms with Gasteiger partial charge in [-0.2, -0.15) is 0 Å². The van der Waals surface area contributed by atoms with Gasteiger partial charge in [-0.15, -0.1) is 0 Å². The number of ether oxygens (including phenoxy) is 1. The average Bonchev–Trinajstić information content (AvgIpc) is 2.64. The molecule has 1 N–H and O–H groups in total. The molecule has 0 fully saturated rings. The predicted octanol–water partition coefficient (Wildman–Crippen LogP) is 4.76. The second-order valence-electron chi connectivity index (χ2n) is 6.98. The van der Waals surface area contributed by atoms with Crippen LogP contribution in [0.15, 0.2) is 42.5 Å². The largest absolute Gasteiger partial charge is 0.452 e. The topological polar surface area (TPSA) is 55.4 Å². The van der Waals surface area contributed by atoms with Crippen LogP contribution in [0.5, 0.6) is 0 Å². The van der Waals surface area contributed by atoms with Gasteiger partial charge in [0.1, 0.15) is 0 Å². The lowest BCUT2D eigenvalue weighted by atomic mass is 10.1. The van der Waals surface area contributed by atoms with Gasteiger partial charge < -0.3 is 10.1 Å². The molecule has 144 valence electrons. The predicted molar refractivity (Wildman–Crippen MR) is 109 cm³/mol. The normalized spacial score (nSPS) is 11.7. The molecule has 0 aliphatic heterocycles. The Morgan fingerprint density at radius 2 is 1.59 bits per heavy atom. The molecule has 4 nitrogen and oxygen atoms in total. The van der Waals surface area contributed by atoms with Crippen molar-refractivity contribution in [3.8, 4) is 0 Å². The summed E-state index contributed by atoms with van der Waals surface area (Å²) < 4.78 is 5.31. The van der Waals surface area contributed by atoms with E-state index in [1.807, 2.05) is 44.2 Å². The average molecular weight is 367 g/mol. The number of para-hydroxylation sites is 1. The third kappa shape index (κ3) is 6.24. The standard InChI is InChI=1S/C23H29NO3/c1-5-6-10-19-11-13-20(14-12-19)15-21(25)27-18(4)23(26)24-22-16(2)8-7-9-17(22)3/h7-9,11-14,18H,5-6,10,15H2,1-4H3,(H,24,26)/t18-/m0/s1. The van der Waals surface area contributed by atoms with Crippen LogP contribution in [0.25, 0.3) is 0 Å². The lowest BCUT2D eigenvalue weighted by Crippen LogP contribution is -2.31. The Balaban J connectivity index is 1.88. The van der Waals surface area contributed by atoms with Crippen molar-refractivity contribution in [3.63, 3.8) is 0 Å². The number of benzene rings is 2. The van der Waals surface area contributed by atoms with Crippen molar-refractivity contribution >= 4 is 17.6 Å². The monoisotopic (exact) mass is 367 g/mol. The summed E-state index contributed by atoms with van der Waals surface area (Å²) >= 11 is 0. The maximum Gasteiger partial charge on any atom is 0.311 e. The number of hydrogen-bond donors (Lipinski definition) is 1. The molecule has 0 unspecified atom stereocenters. The van der Waals surface area contributed by atoms with Crippen LogP contribution in [0.2, 0.25) is 0 Å². The summed E-state index contributed by atoms with van der Waals surface area (Å²) in [4.78, 5) is 24.5. The maximum absolute atomic E-state index is 12.4. The van der Waals surface area contributed by atoms with Crippen molar-refractivity contribution in [2.24, 2.45) is 0 Å². The number of esters is 1. The quantitative estimate of drug-likeness (QED) is 0.685. The number of carbonyl (C=O) groups is 2. The van der Waals surface area contributed by atoms with Crippen molar-refractivity contribution in [2.75, 3.05) is 5.32 Å². The molecule has 2 rings (SSSR count). The molecular weight excluding hydrogens is 338 g/mol. The van der Waals surface area contributed by atoms with E-state index in [9.17, 15) is 9.59 Å². The molecule has 0 saturated heterocycles. The maximum atomic E-state index is 12.4. The molecule has 0 radical (unpaired) electrons. The van der Waals surface area contributed by atoms with Crippen LogP contribution in [0.1, 0.15) is 48.9 Å². The fourth-order valence-corrected chi connectivity index (χ4v) is 2.90. The molecule has 1 amide bonds. The smallest absolute Gasteiger partial charge is 0.311 e. The van der Waals surface area contributed by atoms with Crippen molar-refractivity contribution in [2.45, 2.75) is 59.5 Å². The Kier molecular flexibility index (Phi) is 7.59. The molecule has 4 heteroatoms. The molecule has 0 bridgehead atoms. The highest BCUT2D eigenvalue weighted by Gasteiger charge is 2.19. The molecule has 2 aromatic carbocycles. The Morgan fingerprint density at radius 3 is 2.19 bits per heavy atom. The summed E-state index contributed by atoms with van der Waals surface area (Å²) in [6.07, 6.45) is 2.69. The van der Waals surface area contributed by atoms with Gasteiger partial charge in [-0.25, -0.2) is 0 Å². The molecule has 2 aromatic rings. The van der Waals surface area contributed by atoms with Crippen LogP contribution in [0.4, 0.5) is 5.69 Å². The number of hydrogen-bond acceptors (Lipinski definition) is 3. The Hall–Kier alpha value is -2.62. The summed E-state index contributed by atoms with van der Waals surface area (Å²) in [7, 11) is 0. The zero-order valence-electron chi connectivity index (χ0n) is 16.7. The number of carbonyl (C=O) groups excluding carboxylic acids is 2. The molecule has 0 heterocycles. The van der Waals surface area contributed by atoms with Gasteiger partial charge >= 0.3 is 5.97 Å². The summed E-state index contributed by atoms with van der Waals surface area (Å²) in [5.41, 5.74) is 4.89. The summed E-state index contributed by atoms with van der Waals surface area (Å²) in [6.45, 7) is 7.63. The first-order valence-electron chi connectivity index (χ1n) is 9.55. The molecule has 0 aromatic heterocycles. The Bertz CT molecular complexity index is 760. The van der Waals surface area contributed by atoms with Gasteiger partial charge in [0.15, 0.2) is 6.10 Å². The van der Waals surface area contributed by atoms with Gasteiger partial charge in [-0.3, -0.25) is 9.59 Å². The minimum Gasteiger partial charge on any atom is -0.452 e. The number of aryl methyl sites for hydroxylation is 3. The summed E-state index contributed by atoms with van der Waals surface area (Å²) in [5.74, 6) is -0.726. The van der Waals surface area contributed by atoms with Crippen LogP contribution in [-0.2, 0) is 27.2 Å². The van der Waals surface area contributed by atoms with E-state index in [1.165, 1.54) is 5.56 Å². The number of amides is 1.